The summed E-state index contributed by atoms with van der Waals surface area (Å²) in [6.45, 7) is 2.20. The lowest BCUT2D eigenvalue weighted by Crippen LogP contribution is -2.39. The van der Waals surface area contributed by atoms with E-state index in [1.54, 1.807) is 0 Å². The molecule has 1 aliphatic carbocycles. The summed E-state index contributed by atoms with van der Waals surface area (Å²) in [7, 11) is 0. The van der Waals surface area contributed by atoms with Crippen LogP contribution in [0.2, 0.25) is 0 Å². The summed E-state index contributed by atoms with van der Waals surface area (Å²) in [6, 6.07) is 0. The first-order valence-corrected chi connectivity index (χ1v) is 5.19. The van der Waals surface area contributed by atoms with Gasteiger partial charge in [-0.2, -0.15) is 0 Å². The first-order valence-electron chi connectivity index (χ1n) is 5.19. The summed E-state index contributed by atoms with van der Waals surface area (Å²) >= 11 is 0. The molecule has 3 unspecified atom stereocenters. The second-order valence-corrected chi connectivity index (χ2v) is 4.15. The molecule has 0 aromatic carbocycles. The molecule has 3 atom stereocenters. The van der Waals surface area contributed by atoms with Gasteiger partial charge in [-0.05, 0) is 25.5 Å². The Hall–Kier alpha value is -0.760. The highest BCUT2D eigenvalue weighted by Gasteiger charge is 2.42. The normalized spacial score (nSPS) is 41.8. The van der Waals surface area contributed by atoms with Crippen molar-refractivity contribution in [3.8, 4) is 0 Å². The molecule has 0 bridgehead atoms. The predicted octanol–water partition coefficient (Wildman–Crippen LogP) is 1.45. The molecule has 0 spiro atoms. The largest absolute Gasteiger partial charge is 0.493 e. The first-order chi connectivity index (χ1) is 6.45. The molecule has 2 nitrogen and oxygen atoms in total. The molecule has 2 aliphatic heterocycles. The van der Waals surface area contributed by atoms with E-state index in [1.807, 2.05) is 0 Å². The topological polar surface area (TPSA) is 21.3 Å². The van der Waals surface area contributed by atoms with Crippen molar-refractivity contribution in [2.75, 3.05) is 13.1 Å². The van der Waals surface area contributed by atoms with Crippen LogP contribution in [0.4, 0.5) is 0 Å². The molecule has 0 saturated carbocycles. The van der Waals surface area contributed by atoms with Crippen LogP contribution < -0.4 is 5.32 Å². The fourth-order valence-electron chi connectivity index (χ4n) is 2.75. The number of hydrogen-bond donors (Lipinski definition) is 1. The van der Waals surface area contributed by atoms with Crippen molar-refractivity contribution < 1.29 is 4.74 Å². The van der Waals surface area contributed by atoms with E-state index in [2.05, 4.69) is 23.5 Å². The minimum absolute atomic E-state index is 0.449. The number of allylic oxidation sites excluding steroid dienone is 4. The fraction of sp³-hybridized carbons (Fsp3) is 0.636. The third kappa shape index (κ3) is 1.12. The summed E-state index contributed by atoms with van der Waals surface area (Å²) in [6.07, 6.45) is 9.45. The van der Waals surface area contributed by atoms with E-state index in [0.717, 1.165) is 19.0 Å². The standard InChI is InChI=1S/C11H15NO/c1-2-4-10-8(3-1)9-5-6-12-7-11(9)13-10/h1-2,4,8-9,11-12H,3,5-7H2. The summed E-state index contributed by atoms with van der Waals surface area (Å²) < 4.78 is 5.92. The van der Waals surface area contributed by atoms with Gasteiger partial charge in [-0.3, -0.25) is 0 Å². The molecule has 2 heteroatoms. The van der Waals surface area contributed by atoms with E-state index in [9.17, 15) is 0 Å². The van der Waals surface area contributed by atoms with Gasteiger partial charge in [0, 0.05) is 18.4 Å². The van der Waals surface area contributed by atoms with Crippen LogP contribution in [0, 0.1) is 11.8 Å². The minimum atomic E-state index is 0.449. The SMILES string of the molecule is C1=CCC2C(=C1)OC1CNCCC12. The minimum Gasteiger partial charge on any atom is -0.493 e. The summed E-state index contributed by atoms with van der Waals surface area (Å²) in [4.78, 5) is 0. The zero-order valence-corrected chi connectivity index (χ0v) is 7.70. The van der Waals surface area contributed by atoms with Crippen LogP contribution in [0.15, 0.2) is 24.0 Å². The first kappa shape index (κ1) is 7.63. The summed E-state index contributed by atoms with van der Waals surface area (Å²) in [5, 5.41) is 3.39. The lowest BCUT2D eigenvalue weighted by Gasteiger charge is -2.26. The Kier molecular flexibility index (Phi) is 1.69. The van der Waals surface area contributed by atoms with Crippen LogP contribution >= 0.6 is 0 Å². The van der Waals surface area contributed by atoms with Crippen LogP contribution in [0.3, 0.4) is 0 Å². The molecule has 0 amide bonds. The van der Waals surface area contributed by atoms with Gasteiger partial charge in [0.2, 0.25) is 0 Å². The van der Waals surface area contributed by atoms with Crippen molar-refractivity contribution in [3.05, 3.63) is 24.0 Å². The Morgan fingerprint density at radius 2 is 2.46 bits per heavy atom. The highest BCUT2D eigenvalue weighted by atomic mass is 16.5. The number of hydrogen-bond acceptors (Lipinski definition) is 2. The van der Waals surface area contributed by atoms with E-state index >= 15 is 0 Å². The Morgan fingerprint density at radius 3 is 3.46 bits per heavy atom. The van der Waals surface area contributed by atoms with Crippen molar-refractivity contribution >= 4 is 0 Å². The molecule has 0 aromatic rings. The average molecular weight is 177 g/mol. The maximum Gasteiger partial charge on any atom is 0.114 e. The van der Waals surface area contributed by atoms with Gasteiger partial charge in [0.25, 0.3) is 0 Å². The van der Waals surface area contributed by atoms with E-state index in [4.69, 9.17) is 4.74 Å². The molecule has 2 saturated heterocycles. The molecule has 0 radical (unpaired) electrons. The van der Waals surface area contributed by atoms with E-state index in [-0.39, 0.29) is 0 Å². The number of rotatable bonds is 0. The van der Waals surface area contributed by atoms with Gasteiger partial charge in [0.15, 0.2) is 0 Å². The number of nitrogens with one attached hydrogen (secondary N) is 1. The quantitative estimate of drug-likeness (QED) is 0.604. The highest BCUT2D eigenvalue weighted by Crippen LogP contribution is 2.42. The Balaban J connectivity index is 1.87. The van der Waals surface area contributed by atoms with Gasteiger partial charge in [0.1, 0.15) is 11.9 Å². The second kappa shape index (κ2) is 2.88. The van der Waals surface area contributed by atoms with Crippen molar-refractivity contribution in [1.82, 2.24) is 5.32 Å². The molecular formula is C11H15NO. The van der Waals surface area contributed by atoms with Crippen molar-refractivity contribution in [2.45, 2.75) is 18.9 Å². The molecule has 3 aliphatic rings. The summed E-state index contributed by atoms with van der Waals surface area (Å²) in [5.41, 5.74) is 0. The number of piperidine rings is 1. The van der Waals surface area contributed by atoms with Gasteiger partial charge < -0.3 is 10.1 Å². The van der Waals surface area contributed by atoms with Crippen molar-refractivity contribution in [2.24, 2.45) is 11.8 Å². The fourth-order valence-corrected chi connectivity index (χ4v) is 2.75. The maximum atomic E-state index is 5.92. The van der Waals surface area contributed by atoms with Crippen LogP contribution in [0.25, 0.3) is 0 Å². The van der Waals surface area contributed by atoms with Crippen LogP contribution in [-0.4, -0.2) is 19.2 Å². The monoisotopic (exact) mass is 177 g/mol. The van der Waals surface area contributed by atoms with E-state index in [1.165, 1.54) is 18.6 Å². The van der Waals surface area contributed by atoms with Crippen LogP contribution in [-0.2, 0) is 4.74 Å². The van der Waals surface area contributed by atoms with Gasteiger partial charge in [-0.25, -0.2) is 0 Å². The Bertz CT molecular complexity index is 269. The Labute approximate surface area is 78.7 Å². The zero-order valence-electron chi connectivity index (χ0n) is 7.70. The lowest BCUT2D eigenvalue weighted by atomic mass is 9.81. The summed E-state index contributed by atoms with van der Waals surface area (Å²) in [5.74, 6) is 2.70. The van der Waals surface area contributed by atoms with Crippen LogP contribution in [0.1, 0.15) is 12.8 Å². The van der Waals surface area contributed by atoms with Gasteiger partial charge >= 0.3 is 0 Å². The third-order valence-corrected chi connectivity index (χ3v) is 3.43. The van der Waals surface area contributed by atoms with Gasteiger partial charge in [-0.15, -0.1) is 0 Å². The number of ether oxygens (including phenoxy) is 1. The molecule has 3 rings (SSSR count). The third-order valence-electron chi connectivity index (χ3n) is 3.43. The molecule has 70 valence electrons. The molecule has 2 fully saturated rings. The van der Waals surface area contributed by atoms with Crippen molar-refractivity contribution in [3.63, 3.8) is 0 Å². The van der Waals surface area contributed by atoms with Gasteiger partial charge in [-0.1, -0.05) is 12.2 Å². The smallest absolute Gasteiger partial charge is 0.114 e. The lowest BCUT2D eigenvalue weighted by molar-refractivity contribution is 0.108. The molecule has 0 aromatic heterocycles. The molecular weight excluding hydrogens is 162 g/mol. The molecule has 1 N–H and O–H groups in total. The van der Waals surface area contributed by atoms with Gasteiger partial charge in [0.05, 0.1) is 0 Å². The molecule has 2 heterocycles. The van der Waals surface area contributed by atoms with E-state index < -0.39 is 0 Å². The predicted molar refractivity (Wildman–Crippen MR) is 51.2 cm³/mol. The average Bonchev–Trinajstić information content (AvgIpc) is 2.56. The second-order valence-electron chi connectivity index (χ2n) is 4.15. The maximum absolute atomic E-state index is 5.92. The van der Waals surface area contributed by atoms with E-state index in [0.29, 0.717) is 12.0 Å². The van der Waals surface area contributed by atoms with Crippen LogP contribution in [0.5, 0.6) is 0 Å². The Morgan fingerprint density at radius 1 is 1.46 bits per heavy atom. The highest BCUT2D eigenvalue weighted by molar-refractivity contribution is 5.21. The van der Waals surface area contributed by atoms with Crippen molar-refractivity contribution in [1.29, 1.82) is 0 Å². The molecule has 13 heavy (non-hydrogen) atoms. The zero-order chi connectivity index (χ0) is 8.67. The number of fused-ring (bicyclic) bond motifs is 3.